The van der Waals surface area contributed by atoms with Gasteiger partial charge in [0.2, 0.25) is 0 Å². The Balaban J connectivity index is 2.65. The van der Waals surface area contributed by atoms with Crippen molar-refractivity contribution >= 4 is 22.4 Å². The van der Waals surface area contributed by atoms with Gasteiger partial charge in [-0.1, -0.05) is 20.3 Å². The van der Waals surface area contributed by atoms with E-state index in [9.17, 15) is 4.79 Å². The third-order valence-corrected chi connectivity index (χ3v) is 3.28. The molecule has 1 heterocycles. The van der Waals surface area contributed by atoms with Crippen molar-refractivity contribution in [2.75, 3.05) is 18.5 Å². The van der Waals surface area contributed by atoms with Gasteiger partial charge in [0.25, 0.3) is 0 Å². The molecule has 0 fully saturated rings. The number of nitrogens with zero attached hydrogens (tertiary/aromatic N) is 2. The largest absolute Gasteiger partial charge is 0.476 e. The first-order valence-corrected chi connectivity index (χ1v) is 5.82. The lowest BCUT2D eigenvalue weighted by molar-refractivity contribution is 0.0691. The second-order valence-corrected chi connectivity index (χ2v) is 4.55. The summed E-state index contributed by atoms with van der Waals surface area (Å²) >= 11 is 1.37. The average Bonchev–Trinajstić information content (AvgIpc) is 2.66. The summed E-state index contributed by atoms with van der Waals surface area (Å²) < 4.78 is 0. The zero-order valence-electron chi connectivity index (χ0n) is 9.23. The first-order chi connectivity index (χ1) is 7.04. The van der Waals surface area contributed by atoms with Crippen LogP contribution >= 0.6 is 11.3 Å². The van der Waals surface area contributed by atoms with Crippen molar-refractivity contribution in [1.82, 2.24) is 4.98 Å². The van der Waals surface area contributed by atoms with E-state index >= 15 is 0 Å². The number of carboxylic acids is 1. The highest BCUT2D eigenvalue weighted by molar-refractivity contribution is 7.13. The molecule has 1 atom stereocenters. The van der Waals surface area contributed by atoms with Gasteiger partial charge in [-0.25, -0.2) is 9.78 Å². The second-order valence-electron chi connectivity index (χ2n) is 3.71. The Morgan fingerprint density at radius 1 is 1.73 bits per heavy atom. The Bertz CT molecular complexity index is 338. The molecule has 0 aromatic carbocycles. The van der Waals surface area contributed by atoms with Crippen LogP contribution in [0.3, 0.4) is 0 Å². The highest BCUT2D eigenvalue weighted by Crippen LogP contribution is 2.20. The summed E-state index contributed by atoms with van der Waals surface area (Å²) in [6.45, 7) is 5.22. The van der Waals surface area contributed by atoms with E-state index in [4.69, 9.17) is 5.11 Å². The van der Waals surface area contributed by atoms with Crippen molar-refractivity contribution in [3.63, 3.8) is 0 Å². The van der Waals surface area contributed by atoms with Crippen molar-refractivity contribution in [3.8, 4) is 0 Å². The lowest BCUT2D eigenvalue weighted by Crippen LogP contribution is -2.23. The van der Waals surface area contributed by atoms with Crippen LogP contribution in [0, 0.1) is 5.92 Å². The van der Waals surface area contributed by atoms with E-state index < -0.39 is 5.97 Å². The highest BCUT2D eigenvalue weighted by Gasteiger charge is 2.12. The van der Waals surface area contributed by atoms with Gasteiger partial charge < -0.3 is 10.0 Å². The van der Waals surface area contributed by atoms with Gasteiger partial charge in [0.1, 0.15) is 0 Å². The minimum Gasteiger partial charge on any atom is -0.476 e. The summed E-state index contributed by atoms with van der Waals surface area (Å²) in [6.07, 6.45) is 1.11. The smallest absolute Gasteiger partial charge is 0.355 e. The summed E-state index contributed by atoms with van der Waals surface area (Å²) in [4.78, 5) is 16.7. The number of carboxylic acid groups (broad SMARTS) is 1. The van der Waals surface area contributed by atoms with E-state index in [0.717, 1.165) is 18.1 Å². The van der Waals surface area contributed by atoms with Crippen molar-refractivity contribution < 1.29 is 9.90 Å². The molecule has 0 aliphatic rings. The van der Waals surface area contributed by atoms with Gasteiger partial charge in [-0.3, -0.25) is 0 Å². The molecule has 0 bridgehead atoms. The molecule has 1 aromatic rings. The molecule has 5 heteroatoms. The Labute approximate surface area is 93.6 Å². The van der Waals surface area contributed by atoms with Gasteiger partial charge in [-0.05, 0) is 5.92 Å². The van der Waals surface area contributed by atoms with Crippen LogP contribution in [0.5, 0.6) is 0 Å². The van der Waals surface area contributed by atoms with E-state index in [0.29, 0.717) is 5.92 Å². The van der Waals surface area contributed by atoms with Gasteiger partial charge >= 0.3 is 5.97 Å². The van der Waals surface area contributed by atoms with Gasteiger partial charge in [-0.2, -0.15) is 0 Å². The lowest BCUT2D eigenvalue weighted by atomic mass is 10.1. The topological polar surface area (TPSA) is 53.4 Å². The van der Waals surface area contributed by atoms with E-state index in [1.54, 1.807) is 5.38 Å². The van der Waals surface area contributed by atoms with Gasteiger partial charge in [-0.15, -0.1) is 11.3 Å². The molecule has 0 saturated heterocycles. The van der Waals surface area contributed by atoms with Crippen LogP contribution in [-0.2, 0) is 0 Å². The monoisotopic (exact) mass is 228 g/mol. The number of rotatable bonds is 5. The minimum absolute atomic E-state index is 0.131. The number of hydrogen-bond acceptors (Lipinski definition) is 4. The predicted molar refractivity (Wildman–Crippen MR) is 61.8 cm³/mol. The molecule has 0 aliphatic heterocycles. The maximum Gasteiger partial charge on any atom is 0.355 e. The van der Waals surface area contributed by atoms with E-state index in [1.165, 1.54) is 11.3 Å². The zero-order valence-corrected chi connectivity index (χ0v) is 10.0. The molecular formula is C10H16N2O2S. The number of thiazole rings is 1. The van der Waals surface area contributed by atoms with Crippen molar-refractivity contribution in [3.05, 3.63) is 11.1 Å². The highest BCUT2D eigenvalue weighted by atomic mass is 32.1. The Kier molecular flexibility index (Phi) is 4.08. The van der Waals surface area contributed by atoms with Crippen LogP contribution in [0.2, 0.25) is 0 Å². The Morgan fingerprint density at radius 3 is 2.87 bits per heavy atom. The van der Waals surface area contributed by atoms with Crippen LogP contribution < -0.4 is 4.90 Å². The number of aromatic nitrogens is 1. The number of anilines is 1. The molecule has 0 amide bonds. The summed E-state index contributed by atoms with van der Waals surface area (Å²) in [5, 5.41) is 11.1. The average molecular weight is 228 g/mol. The number of hydrogen-bond donors (Lipinski definition) is 1. The lowest BCUT2D eigenvalue weighted by Gasteiger charge is -2.19. The molecule has 0 spiro atoms. The standard InChI is InChI=1S/C10H16N2O2S/c1-4-7(2)5-12(3)10-11-8(6-15-10)9(13)14/h6-7H,4-5H2,1-3H3,(H,13,14). The third kappa shape index (κ3) is 3.20. The first-order valence-electron chi connectivity index (χ1n) is 4.94. The van der Waals surface area contributed by atoms with Crippen molar-refractivity contribution in [1.29, 1.82) is 0 Å². The molecular weight excluding hydrogens is 212 g/mol. The summed E-state index contributed by atoms with van der Waals surface area (Å²) in [5.41, 5.74) is 0.131. The molecule has 0 saturated carbocycles. The molecule has 4 nitrogen and oxygen atoms in total. The van der Waals surface area contributed by atoms with E-state index in [-0.39, 0.29) is 5.69 Å². The van der Waals surface area contributed by atoms with Crippen LogP contribution in [0.4, 0.5) is 5.13 Å². The fraction of sp³-hybridized carbons (Fsp3) is 0.600. The maximum absolute atomic E-state index is 10.6. The van der Waals surface area contributed by atoms with Crippen LogP contribution in [0.15, 0.2) is 5.38 Å². The summed E-state index contributed by atoms with van der Waals surface area (Å²) in [5.74, 6) is -0.374. The van der Waals surface area contributed by atoms with Crippen molar-refractivity contribution in [2.45, 2.75) is 20.3 Å². The molecule has 0 aliphatic carbocycles. The molecule has 1 aromatic heterocycles. The summed E-state index contributed by atoms with van der Waals surface area (Å²) in [7, 11) is 1.94. The second kappa shape index (κ2) is 5.11. The molecule has 15 heavy (non-hydrogen) atoms. The fourth-order valence-electron chi connectivity index (χ4n) is 1.21. The molecule has 1 rings (SSSR count). The SMILES string of the molecule is CCC(C)CN(C)c1nc(C(=O)O)cs1. The normalized spacial score (nSPS) is 12.5. The number of aromatic carboxylic acids is 1. The minimum atomic E-state index is -0.963. The molecule has 84 valence electrons. The quantitative estimate of drug-likeness (QED) is 0.840. The molecule has 0 radical (unpaired) electrons. The van der Waals surface area contributed by atoms with Crippen LogP contribution in [0.1, 0.15) is 30.8 Å². The van der Waals surface area contributed by atoms with Gasteiger partial charge in [0.15, 0.2) is 10.8 Å². The Hall–Kier alpha value is -1.10. The van der Waals surface area contributed by atoms with Gasteiger partial charge in [0.05, 0.1) is 0 Å². The molecule has 1 unspecified atom stereocenters. The van der Waals surface area contributed by atoms with Crippen LogP contribution in [-0.4, -0.2) is 29.7 Å². The first kappa shape index (κ1) is 12.0. The van der Waals surface area contributed by atoms with E-state index in [2.05, 4.69) is 18.8 Å². The number of carbonyl (C=O) groups is 1. The third-order valence-electron chi connectivity index (χ3n) is 2.32. The molecule has 1 N–H and O–H groups in total. The Morgan fingerprint density at radius 2 is 2.40 bits per heavy atom. The summed E-state index contributed by atoms with van der Waals surface area (Å²) in [6, 6.07) is 0. The van der Waals surface area contributed by atoms with Gasteiger partial charge in [0, 0.05) is 19.0 Å². The van der Waals surface area contributed by atoms with E-state index in [1.807, 2.05) is 11.9 Å². The maximum atomic E-state index is 10.6. The zero-order chi connectivity index (χ0) is 11.4. The predicted octanol–water partition coefficient (Wildman–Crippen LogP) is 2.32. The fourth-order valence-corrected chi connectivity index (χ4v) is 1.99. The van der Waals surface area contributed by atoms with Crippen LogP contribution in [0.25, 0.3) is 0 Å². The van der Waals surface area contributed by atoms with Crippen molar-refractivity contribution in [2.24, 2.45) is 5.92 Å².